The molecule has 2 fully saturated rings. The molecule has 5 heteroatoms. The van der Waals surface area contributed by atoms with Crippen LogP contribution in [0, 0.1) is 5.92 Å². The topological polar surface area (TPSA) is 69.6 Å². The predicted molar refractivity (Wildman–Crippen MR) is 57.9 cm³/mol. The van der Waals surface area contributed by atoms with Crippen LogP contribution in [-0.4, -0.2) is 47.1 Å². The summed E-state index contributed by atoms with van der Waals surface area (Å²) in [4.78, 5) is 24.4. The maximum absolute atomic E-state index is 12.2. The molecule has 1 amide bonds. The van der Waals surface area contributed by atoms with Crippen molar-refractivity contribution in [1.29, 1.82) is 0 Å². The van der Waals surface area contributed by atoms with E-state index in [2.05, 4.69) is 5.32 Å². The van der Waals surface area contributed by atoms with E-state index in [4.69, 9.17) is 5.11 Å². The van der Waals surface area contributed by atoms with E-state index in [0.29, 0.717) is 5.92 Å². The van der Waals surface area contributed by atoms with Gasteiger partial charge in [-0.05, 0) is 31.7 Å². The number of aliphatic carboxylic acids is 1. The minimum atomic E-state index is -0.925. The number of nitrogens with zero attached hydrogens (tertiary/aromatic N) is 1. The maximum atomic E-state index is 12.2. The summed E-state index contributed by atoms with van der Waals surface area (Å²) >= 11 is 0. The third-order valence-corrected chi connectivity index (χ3v) is 3.38. The number of amides is 1. The number of hydrogen-bond donors (Lipinski definition) is 2. The molecule has 2 atom stereocenters. The second-order valence-corrected chi connectivity index (χ2v) is 4.79. The summed E-state index contributed by atoms with van der Waals surface area (Å²) in [7, 11) is 0. The zero-order valence-corrected chi connectivity index (χ0v) is 9.48. The fourth-order valence-corrected chi connectivity index (χ4v) is 2.26. The van der Waals surface area contributed by atoms with Gasteiger partial charge in [0.15, 0.2) is 0 Å². The summed E-state index contributed by atoms with van der Waals surface area (Å²) in [6.45, 7) is 2.73. The molecule has 1 saturated heterocycles. The SMILES string of the molecule is CC1CCNC1C(=O)N(CC(=O)O)C1CC1. The number of nitrogens with one attached hydrogen (secondary N) is 1. The van der Waals surface area contributed by atoms with Crippen LogP contribution in [0.1, 0.15) is 26.2 Å². The maximum Gasteiger partial charge on any atom is 0.323 e. The van der Waals surface area contributed by atoms with Crippen molar-refractivity contribution in [2.24, 2.45) is 5.92 Å². The van der Waals surface area contributed by atoms with Gasteiger partial charge in [-0.1, -0.05) is 6.92 Å². The number of carboxylic acid groups (broad SMARTS) is 1. The molecule has 16 heavy (non-hydrogen) atoms. The molecule has 0 spiro atoms. The van der Waals surface area contributed by atoms with E-state index < -0.39 is 5.97 Å². The van der Waals surface area contributed by atoms with Gasteiger partial charge in [-0.25, -0.2) is 0 Å². The van der Waals surface area contributed by atoms with Crippen molar-refractivity contribution in [3.05, 3.63) is 0 Å². The molecule has 0 aromatic carbocycles. The van der Waals surface area contributed by atoms with Crippen LogP contribution in [0.25, 0.3) is 0 Å². The Bertz CT molecular complexity index is 302. The molecule has 1 saturated carbocycles. The van der Waals surface area contributed by atoms with Crippen molar-refractivity contribution in [3.8, 4) is 0 Å². The standard InChI is InChI=1S/C11H18N2O3/c1-7-4-5-12-10(7)11(16)13(6-9(14)15)8-2-3-8/h7-8,10,12H,2-6H2,1H3,(H,14,15). The van der Waals surface area contributed by atoms with E-state index in [9.17, 15) is 9.59 Å². The minimum Gasteiger partial charge on any atom is -0.480 e. The third kappa shape index (κ3) is 2.35. The van der Waals surface area contributed by atoms with Gasteiger partial charge in [-0.3, -0.25) is 9.59 Å². The fraction of sp³-hybridized carbons (Fsp3) is 0.818. The van der Waals surface area contributed by atoms with Crippen LogP contribution in [0.5, 0.6) is 0 Å². The van der Waals surface area contributed by atoms with E-state index in [1.807, 2.05) is 6.92 Å². The summed E-state index contributed by atoms with van der Waals surface area (Å²) in [5, 5.41) is 12.0. The van der Waals surface area contributed by atoms with Gasteiger partial charge in [0.05, 0.1) is 6.04 Å². The number of rotatable bonds is 4. The highest BCUT2D eigenvalue weighted by molar-refractivity contribution is 5.86. The summed E-state index contributed by atoms with van der Waals surface area (Å²) in [6, 6.07) is -0.0156. The highest BCUT2D eigenvalue weighted by Gasteiger charge is 2.39. The molecule has 1 aliphatic carbocycles. The third-order valence-electron chi connectivity index (χ3n) is 3.38. The van der Waals surface area contributed by atoms with Crippen molar-refractivity contribution in [1.82, 2.24) is 10.2 Å². The molecule has 2 N–H and O–H groups in total. The molecule has 0 aromatic rings. The molecular weight excluding hydrogens is 208 g/mol. The number of carboxylic acids is 1. The van der Waals surface area contributed by atoms with E-state index in [1.54, 1.807) is 0 Å². The zero-order chi connectivity index (χ0) is 11.7. The summed E-state index contributed by atoms with van der Waals surface area (Å²) in [6.07, 6.45) is 2.88. The van der Waals surface area contributed by atoms with Crippen LogP contribution >= 0.6 is 0 Å². The first kappa shape index (κ1) is 11.4. The van der Waals surface area contributed by atoms with Crippen LogP contribution in [0.2, 0.25) is 0 Å². The highest BCUT2D eigenvalue weighted by atomic mass is 16.4. The Morgan fingerprint density at radius 2 is 2.06 bits per heavy atom. The first-order valence-corrected chi connectivity index (χ1v) is 5.85. The van der Waals surface area contributed by atoms with Gasteiger partial charge < -0.3 is 15.3 Å². The summed E-state index contributed by atoms with van der Waals surface area (Å²) in [5.74, 6) is -0.650. The minimum absolute atomic E-state index is 0.0325. The lowest BCUT2D eigenvalue weighted by atomic mass is 10.0. The van der Waals surface area contributed by atoms with Crippen LogP contribution in [0.15, 0.2) is 0 Å². The molecule has 0 aromatic heterocycles. The molecule has 2 aliphatic rings. The monoisotopic (exact) mass is 226 g/mol. The molecule has 0 radical (unpaired) electrons. The zero-order valence-electron chi connectivity index (χ0n) is 9.48. The quantitative estimate of drug-likeness (QED) is 0.711. The second-order valence-electron chi connectivity index (χ2n) is 4.79. The van der Waals surface area contributed by atoms with Crippen molar-refractivity contribution in [2.45, 2.75) is 38.3 Å². The summed E-state index contributed by atoms with van der Waals surface area (Å²) < 4.78 is 0. The van der Waals surface area contributed by atoms with Crippen LogP contribution < -0.4 is 5.32 Å². The van der Waals surface area contributed by atoms with Gasteiger partial charge in [0.1, 0.15) is 6.54 Å². The molecule has 90 valence electrons. The van der Waals surface area contributed by atoms with Crippen molar-refractivity contribution in [3.63, 3.8) is 0 Å². The Balaban J connectivity index is 2.01. The Kier molecular flexibility index (Phi) is 3.14. The van der Waals surface area contributed by atoms with E-state index in [0.717, 1.165) is 25.8 Å². The Hall–Kier alpha value is -1.10. The average molecular weight is 226 g/mol. The molecule has 2 unspecified atom stereocenters. The van der Waals surface area contributed by atoms with Gasteiger partial charge in [-0.15, -0.1) is 0 Å². The normalized spacial score (nSPS) is 29.1. The van der Waals surface area contributed by atoms with Crippen LogP contribution in [-0.2, 0) is 9.59 Å². The van der Waals surface area contributed by atoms with Gasteiger partial charge in [0.25, 0.3) is 0 Å². The van der Waals surface area contributed by atoms with Gasteiger partial charge in [-0.2, -0.15) is 0 Å². The van der Waals surface area contributed by atoms with Gasteiger partial charge in [0, 0.05) is 6.04 Å². The van der Waals surface area contributed by atoms with Gasteiger partial charge >= 0.3 is 5.97 Å². The first-order chi connectivity index (χ1) is 7.59. The van der Waals surface area contributed by atoms with E-state index in [1.165, 1.54) is 4.90 Å². The second kappa shape index (κ2) is 4.41. The Morgan fingerprint density at radius 1 is 1.38 bits per heavy atom. The molecular formula is C11H18N2O3. The Labute approximate surface area is 94.8 Å². The fourth-order valence-electron chi connectivity index (χ4n) is 2.26. The predicted octanol–water partition coefficient (Wildman–Crippen LogP) is 0.0600. The average Bonchev–Trinajstić information content (AvgIpc) is 2.97. The molecule has 1 aliphatic heterocycles. The van der Waals surface area contributed by atoms with E-state index in [-0.39, 0.29) is 24.5 Å². The highest BCUT2D eigenvalue weighted by Crippen LogP contribution is 2.28. The lowest BCUT2D eigenvalue weighted by Crippen LogP contribution is -2.48. The van der Waals surface area contributed by atoms with Crippen LogP contribution in [0.3, 0.4) is 0 Å². The number of carbonyl (C=O) groups excluding carboxylic acids is 1. The first-order valence-electron chi connectivity index (χ1n) is 5.85. The van der Waals surface area contributed by atoms with Gasteiger partial charge in [0.2, 0.25) is 5.91 Å². The Morgan fingerprint density at radius 3 is 2.50 bits per heavy atom. The summed E-state index contributed by atoms with van der Waals surface area (Å²) in [5.41, 5.74) is 0. The molecule has 5 nitrogen and oxygen atoms in total. The van der Waals surface area contributed by atoms with E-state index >= 15 is 0 Å². The van der Waals surface area contributed by atoms with Crippen LogP contribution in [0.4, 0.5) is 0 Å². The number of carbonyl (C=O) groups is 2. The number of hydrogen-bond acceptors (Lipinski definition) is 3. The lowest BCUT2D eigenvalue weighted by molar-refractivity contribution is -0.146. The lowest BCUT2D eigenvalue weighted by Gasteiger charge is -2.25. The largest absolute Gasteiger partial charge is 0.480 e. The van der Waals surface area contributed by atoms with Crippen molar-refractivity contribution >= 4 is 11.9 Å². The molecule has 2 rings (SSSR count). The van der Waals surface area contributed by atoms with Crippen molar-refractivity contribution < 1.29 is 14.7 Å². The molecule has 0 bridgehead atoms. The smallest absolute Gasteiger partial charge is 0.323 e. The van der Waals surface area contributed by atoms with Crippen molar-refractivity contribution in [2.75, 3.05) is 13.1 Å². The molecule has 1 heterocycles.